The van der Waals surface area contributed by atoms with E-state index in [1.165, 1.54) is 18.4 Å². The van der Waals surface area contributed by atoms with Gasteiger partial charge in [-0.2, -0.15) is 0 Å². The smallest absolute Gasteiger partial charge is 0.255 e. The van der Waals surface area contributed by atoms with Crippen LogP contribution in [0.25, 0.3) is 10.8 Å². The quantitative estimate of drug-likeness (QED) is 0.608. The Kier molecular flexibility index (Phi) is 5.28. The Labute approximate surface area is 183 Å². The molecular formula is C26H29N3O2. The van der Waals surface area contributed by atoms with Crippen LogP contribution in [0, 0.1) is 0 Å². The van der Waals surface area contributed by atoms with Crippen molar-refractivity contribution in [2.45, 2.75) is 50.4 Å². The van der Waals surface area contributed by atoms with Gasteiger partial charge in [-0.15, -0.1) is 0 Å². The Bertz CT molecular complexity index is 1080. The number of rotatable bonds is 5. The second-order valence-electron chi connectivity index (χ2n) is 8.78. The van der Waals surface area contributed by atoms with Gasteiger partial charge in [0, 0.05) is 41.1 Å². The molecule has 0 spiro atoms. The van der Waals surface area contributed by atoms with Crippen LogP contribution in [-0.2, 0) is 6.54 Å². The summed E-state index contributed by atoms with van der Waals surface area (Å²) in [4.78, 5) is 15.9. The molecule has 31 heavy (non-hydrogen) atoms. The van der Waals surface area contributed by atoms with Crippen LogP contribution in [-0.4, -0.2) is 36.0 Å². The first kappa shape index (κ1) is 19.9. The Morgan fingerprint density at radius 1 is 1.03 bits per heavy atom. The topological polar surface area (TPSA) is 67.6 Å². The maximum absolute atomic E-state index is 13.2. The van der Waals surface area contributed by atoms with Crippen molar-refractivity contribution < 1.29 is 9.53 Å². The second kappa shape index (κ2) is 8.23. The molecular weight excluding hydrogens is 386 g/mol. The van der Waals surface area contributed by atoms with E-state index in [-0.39, 0.29) is 11.9 Å². The number of fused-ring (bicyclic) bond motifs is 3. The molecule has 2 atom stereocenters. The molecule has 0 unspecified atom stereocenters. The van der Waals surface area contributed by atoms with Gasteiger partial charge in [-0.05, 0) is 37.3 Å². The number of hydrogen-bond donors (Lipinski definition) is 2. The Hall–Kier alpha value is -3.05. The summed E-state index contributed by atoms with van der Waals surface area (Å²) in [6.45, 7) is 0.992. The standard InChI is InChI=1S/C26H29N3O2/c1-31-25-22-10-6-5-9-21(22)24(27)15-23(25)26(30)28-18-13-19-11-12-20(14-18)29(19)16-17-7-3-2-4-8-17/h2-10,15,18-20H,11-14,16,27H2,1H3,(H,28,30)/t19-,20-/m1/s1. The molecule has 160 valence electrons. The Morgan fingerprint density at radius 2 is 1.68 bits per heavy atom. The SMILES string of the molecule is COc1c(C(=O)NC2C[C@H]3CC[C@H](C2)N3Cc2ccccc2)cc(N)c2ccccc12. The first-order valence-electron chi connectivity index (χ1n) is 11.1. The molecule has 2 saturated heterocycles. The number of amides is 1. The molecule has 5 rings (SSSR count). The van der Waals surface area contributed by atoms with Crippen molar-refractivity contribution in [3.63, 3.8) is 0 Å². The number of methoxy groups -OCH3 is 1. The molecule has 2 fully saturated rings. The van der Waals surface area contributed by atoms with Gasteiger partial charge in [-0.3, -0.25) is 9.69 Å². The minimum absolute atomic E-state index is 0.102. The van der Waals surface area contributed by atoms with Crippen molar-refractivity contribution in [2.75, 3.05) is 12.8 Å². The normalized spacial score (nSPS) is 23.1. The molecule has 5 heteroatoms. The number of nitrogens with one attached hydrogen (secondary N) is 1. The predicted octanol–water partition coefficient (Wildman–Crippen LogP) is 4.36. The van der Waals surface area contributed by atoms with Crippen LogP contribution >= 0.6 is 0 Å². The zero-order valence-electron chi connectivity index (χ0n) is 17.9. The third-order valence-corrected chi connectivity index (χ3v) is 6.90. The van der Waals surface area contributed by atoms with E-state index in [0.29, 0.717) is 29.1 Å². The lowest BCUT2D eigenvalue weighted by Crippen LogP contribution is -2.50. The van der Waals surface area contributed by atoms with Gasteiger partial charge in [-0.1, -0.05) is 54.6 Å². The number of nitrogen functional groups attached to an aromatic ring is 1. The van der Waals surface area contributed by atoms with Crippen molar-refractivity contribution in [2.24, 2.45) is 0 Å². The fourth-order valence-electron chi connectivity index (χ4n) is 5.47. The first-order valence-corrected chi connectivity index (χ1v) is 11.1. The van der Waals surface area contributed by atoms with E-state index in [4.69, 9.17) is 10.5 Å². The molecule has 3 aromatic carbocycles. The molecule has 0 aromatic heterocycles. The number of anilines is 1. The summed E-state index contributed by atoms with van der Waals surface area (Å²) >= 11 is 0. The zero-order chi connectivity index (χ0) is 21.4. The van der Waals surface area contributed by atoms with Crippen molar-refractivity contribution in [1.82, 2.24) is 10.2 Å². The molecule has 2 heterocycles. The third-order valence-electron chi connectivity index (χ3n) is 6.90. The van der Waals surface area contributed by atoms with Crippen LogP contribution < -0.4 is 15.8 Å². The van der Waals surface area contributed by atoms with Crippen LogP contribution in [0.5, 0.6) is 5.75 Å². The highest BCUT2D eigenvalue weighted by Crippen LogP contribution is 2.38. The average Bonchev–Trinajstić information content (AvgIpc) is 3.02. The van der Waals surface area contributed by atoms with Gasteiger partial charge < -0.3 is 15.8 Å². The van der Waals surface area contributed by atoms with E-state index in [1.54, 1.807) is 13.2 Å². The molecule has 3 N–H and O–H groups in total. The van der Waals surface area contributed by atoms with Crippen molar-refractivity contribution in [3.8, 4) is 5.75 Å². The number of nitrogens with two attached hydrogens (primary N) is 1. The maximum Gasteiger partial charge on any atom is 0.255 e. The highest BCUT2D eigenvalue weighted by molar-refractivity contribution is 6.08. The van der Waals surface area contributed by atoms with Crippen molar-refractivity contribution in [3.05, 3.63) is 71.8 Å². The molecule has 0 radical (unpaired) electrons. The van der Waals surface area contributed by atoms with Gasteiger partial charge in [0.05, 0.1) is 12.7 Å². The van der Waals surface area contributed by atoms with Gasteiger partial charge >= 0.3 is 0 Å². The highest BCUT2D eigenvalue weighted by Gasteiger charge is 2.41. The number of benzene rings is 3. The monoisotopic (exact) mass is 415 g/mol. The number of carbonyl (C=O) groups excluding carboxylic acids is 1. The summed E-state index contributed by atoms with van der Waals surface area (Å²) in [5.74, 6) is 0.488. The second-order valence-corrected chi connectivity index (χ2v) is 8.78. The van der Waals surface area contributed by atoms with E-state index >= 15 is 0 Å². The first-order chi connectivity index (χ1) is 15.1. The van der Waals surface area contributed by atoms with Crippen LogP contribution in [0.3, 0.4) is 0 Å². The van der Waals surface area contributed by atoms with Gasteiger partial charge in [0.25, 0.3) is 5.91 Å². The molecule has 0 saturated carbocycles. The van der Waals surface area contributed by atoms with Crippen molar-refractivity contribution in [1.29, 1.82) is 0 Å². The van der Waals surface area contributed by atoms with E-state index < -0.39 is 0 Å². The lowest BCUT2D eigenvalue weighted by molar-refractivity contribution is 0.0825. The Morgan fingerprint density at radius 3 is 2.35 bits per heavy atom. The number of nitrogens with zero attached hydrogens (tertiary/aromatic N) is 1. The largest absolute Gasteiger partial charge is 0.495 e. The molecule has 1 amide bonds. The molecule has 2 bridgehead atoms. The lowest BCUT2D eigenvalue weighted by Gasteiger charge is -2.39. The number of hydrogen-bond acceptors (Lipinski definition) is 4. The molecule has 0 aliphatic carbocycles. The lowest BCUT2D eigenvalue weighted by atomic mass is 9.95. The summed E-state index contributed by atoms with van der Waals surface area (Å²) in [6.07, 6.45) is 4.38. The van der Waals surface area contributed by atoms with Gasteiger partial charge in [0.1, 0.15) is 5.75 Å². The van der Waals surface area contributed by atoms with Gasteiger partial charge in [-0.25, -0.2) is 0 Å². The fraction of sp³-hybridized carbons (Fsp3) is 0.346. The number of ether oxygens (including phenoxy) is 1. The predicted molar refractivity (Wildman–Crippen MR) is 124 cm³/mol. The number of piperidine rings is 1. The molecule has 3 aromatic rings. The summed E-state index contributed by atoms with van der Waals surface area (Å²) < 4.78 is 5.64. The highest BCUT2D eigenvalue weighted by atomic mass is 16.5. The number of carbonyl (C=O) groups is 1. The van der Waals surface area contributed by atoms with Crippen LogP contribution in [0.2, 0.25) is 0 Å². The van der Waals surface area contributed by atoms with Gasteiger partial charge in [0.2, 0.25) is 0 Å². The molecule has 2 aliphatic rings. The summed E-state index contributed by atoms with van der Waals surface area (Å²) in [6, 6.07) is 21.4. The van der Waals surface area contributed by atoms with Crippen LogP contribution in [0.4, 0.5) is 5.69 Å². The minimum atomic E-state index is -0.102. The summed E-state index contributed by atoms with van der Waals surface area (Å²) in [7, 11) is 1.61. The summed E-state index contributed by atoms with van der Waals surface area (Å²) in [5.41, 5.74) is 8.72. The molecule has 2 aliphatic heterocycles. The van der Waals surface area contributed by atoms with Crippen LogP contribution in [0.15, 0.2) is 60.7 Å². The average molecular weight is 416 g/mol. The van der Waals surface area contributed by atoms with E-state index in [1.807, 2.05) is 24.3 Å². The van der Waals surface area contributed by atoms with E-state index in [0.717, 1.165) is 30.2 Å². The van der Waals surface area contributed by atoms with Gasteiger partial charge in [0.15, 0.2) is 0 Å². The van der Waals surface area contributed by atoms with E-state index in [9.17, 15) is 4.79 Å². The maximum atomic E-state index is 13.2. The zero-order valence-corrected chi connectivity index (χ0v) is 17.9. The minimum Gasteiger partial charge on any atom is -0.495 e. The van der Waals surface area contributed by atoms with Crippen LogP contribution in [0.1, 0.15) is 41.6 Å². The molecule has 5 nitrogen and oxygen atoms in total. The van der Waals surface area contributed by atoms with Crippen molar-refractivity contribution >= 4 is 22.4 Å². The Balaban J connectivity index is 1.32. The fourth-order valence-corrected chi connectivity index (χ4v) is 5.47. The third kappa shape index (κ3) is 3.74. The van der Waals surface area contributed by atoms with E-state index in [2.05, 4.69) is 40.5 Å². The summed E-state index contributed by atoms with van der Waals surface area (Å²) in [5, 5.41) is 5.06.